The Morgan fingerprint density at radius 1 is 1.03 bits per heavy atom. The molecule has 0 heterocycles. The van der Waals surface area contributed by atoms with Crippen LogP contribution in [0.5, 0.6) is 5.75 Å². The SMILES string of the molecule is C=C(N)C1CCC(CCc2ccc(-c3ccc(OC(C)(C)C)cc3)c(C)c2)CC1. The maximum atomic E-state index is 5.94. The first kappa shape index (κ1) is 21.5. The molecule has 1 saturated carbocycles. The summed E-state index contributed by atoms with van der Waals surface area (Å²) in [5.41, 5.74) is 11.9. The minimum absolute atomic E-state index is 0.170. The Labute approximate surface area is 177 Å². The third-order valence-corrected chi connectivity index (χ3v) is 6.09. The van der Waals surface area contributed by atoms with E-state index in [1.807, 2.05) is 0 Å². The van der Waals surface area contributed by atoms with Crippen molar-refractivity contribution in [3.63, 3.8) is 0 Å². The molecule has 0 radical (unpaired) electrons. The molecule has 1 fully saturated rings. The first-order valence-electron chi connectivity index (χ1n) is 11.0. The molecule has 1 aliphatic carbocycles. The maximum absolute atomic E-state index is 5.94. The fraction of sp³-hybridized carbons (Fsp3) is 0.481. The minimum Gasteiger partial charge on any atom is -0.488 e. The van der Waals surface area contributed by atoms with Gasteiger partial charge in [0.2, 0.25) is 0 Å². The number of nitrogens with two attached hydrogens (primary N) is 1. The third-order valence-electron chi connectivity index (χ3n) is 6.09. The molecule has 2 heteroatoms. The Morgan fingerprint density at radius 2 is 1.69 bits per heavy atom. The average molecular weight is 392 g/mol. The zero-order valence-electron chi connectivity index (χ0n) is 18.6. The fourth-order valence-electron chi connectivity index (χ4n) is 4.45. The van der Waals surface area contributed by atoms with Crippen molar-refractivity contribution in [1.82, 2.24) is 0 Å². The van der Waals surface area contributed by atoms with Gasteiger partial charge in [-0.15, -0.1) is 0 Å². The Balaban J connectivity index is 1.58. The van der Waals surface area contributed by atoms with Crippen molar-refractivity contribution in [2.24, 2.45) is 17.6 Å². The van der Waals surface area contributed by atoms with E-state index in [2.05, 4.69) is 76.7 Å². The molecule has 2 aromatic carbocycles. The highest BCUT2D eigenvalue weighted by molar-refractivity contribution is 5.68. The molecule has 156 valence electrons. The number of hydrogen-bond donors (Lipinski definition) is 1. The minimum atomic E-state index is -0.170. The summed E-state index contributed by atoms with van der Waals surface area (Å²) in [6.45, 7) is 12.4. The zero-order chi connectivity index (χ0) is 21.0. The van der Waals surface area contributed by atoms with Crippen molar-refractivity contribution in [1.29, 1.82) is 0 Å². The number of allylic oxidation sites excluding steroid dienone is 1. The van der Waals surface area contributed by atoms with Crippen LogP contribution in [-0.4, -0.2) is 5.60 Å². The van der Waals surface area contributed by atoms with Crippen LogP contribution in [-0.2, 0) is 6.42 Å². The van der Waals surface area contributed by atoms with Gasteiger partial charge in [-0.25, -0.2) is 0 Å². The molecule has 0 amide bonds. The maximum Gasteiger partial charge on any atom is 0.120 e. The summed E-state index contributed by atoms with van der Waals surface area (Å²) in [5, 5.41) is 0. The van der Waals surface area contributed by atoms with Crippen molar-refractivity contribution < 1.29 is 4.74 Å². The van der Waals surface area contributed by atoms with Gasteiger partial charge in [-0.3, -0.25) is 0 Å². The first-order valence-corrected chi connectivity index (χ1v) is 11.0. The third kappa shape index (κ3) is 6.13. The predicted molar refractivity (Wildman–Crippen MR) is 124 cm³/mol. The van der Waals surface area contributed by atoms with Crippen LogP contribution in [0.3, 0.4) is 0 Å². The molecular formula is C27H37NO. The van der Waals surface area contributed by atoms with Crippen molar-refractivity contribution in [3.05, 3.63) is 65.9 Å². The van der Waals surface area contributed by atoms with Crippen LogP contribution >= 0.6 is 0 Å². The quantitative estimate of drug-likeness (QED) is 0.572. The highest BCUT2D eigenvalue weighted by Gasteiger charge is 2.21. The number of rotatable bonds is 6. The monoisotopic (exact) mass is 391 g/mol. The molecule has 0 aromatic heterocycles. The molecule has 1 aliphatic rings. The number of hydrogen-bond acceptors (Lipinski definition) is 2. The standard InChI is InChI=1S/C27H37NO/c1-19-18-22(7-6-21-8-11-23(12-9-21)20(2)28)10-17-26(19)24-13-15-25(16-14-24)29-27(3,4)5/h10,13-18,21,23H,2,6-9,11-12,28H2,1,3-5H3. The lowest BCUT2D eigenvalue weighted by Gasteiger charge is -2.28. The largest absolute Gasteiger partial charge is 0.488 e. The van der Waals surface area contributed by atoms with Crippen molar-refractivity contribution in [2.75, 3.05) is 0 Å². The second-order valence-electron chi connectivity index (χ2n) is 9.72. The van der Waals surface area contributed by atoms with Gasteiger partial charge in [0.25, 0.3) is 0 Å². The molecule has 3 rings (SSSR count). The smallest absolute Gasteiger partial charge is 0.120 e. The lowest BCUT2D eigenvalue weighted by atomic mass is 9.78. The van der Waals surface area contributed by atoms with Crippen LogP contribution in [0.25, 0.3) is 11.1 Å². The van der Waals surface area contributed by atoms with E-state index in [0.29, 0.717) is 5.92 Å². The van der Waals surface area contributed by atoms with Crippen LogP contribution in [0.15, 0.2) is 54.7 Å². The zero-order valence-corrected chi connectivity index (χ0v) is 18.6. The molecule has 0 bridgehead atoms. The Morgan fingerprint density at radius 3 is 2.24 bits per heavy atom. The lowest BCUT2D eigenvalue weighted by Crippen LogP contribution is -2.22. The van der Waals surface area contributed by atoms with Gasteiger partial charge in [0, 0.05) is 5.70 Å². The Bertz CT molecular complexity index is 821. The molecule has 2 N–H and O–H groups in total. The number of aryl methyl sites for hydroxylation is 2. The predicted octanol–water partition coefficient (Wildman–Crippen LogP) is 7.05. The number of benzene rings is 2. The van der Waals surface area contributed by atoms with Crippen LogP contribution < -0.4 is 10.5 Å². The molecule has 0 spiro atoms. The van der Waals surface area contributed by atoms with E-state index in [1.165, 1.54) is 60.8 Å². The fourth-order valence-corrected chi connectivity index (χ4v) is 4.45. The van der Waals surface area contributed by atoms with E-state index in [0.717, 1.165) is 17.4 Å². The van der Waals surface area contributed by atoms with Gasteiger partial charge in [-0.2, -0.15) is 0 Å². The molecule has 2 nitrogen and oxygen atoms in total. The molecular weight excluding hydrogens is 354 g/mol. The summed E-state index contributed by atoms with van der Waals surface area (Å²) in [4.78, 5) is 0. The van der Waals surface area contributed by atoms with E-state index < -0.39 is 0 Å². The second kappa shape index (κ2) is 9.07. The second-order valence-corrected chi connectivity index (χ2v) is 9.72. The topological polar surface area (TPSA) is 35.2 Å². The molecule has 0 saturated heterocycles. The summed E-state index contributed by atoms with van der Waals surface area (Å²) in [6, 6.07) is 15.4. The summed E-state index contributed by atoms with van der Waals surface area (Å²) in [6.07, 6.45) is 7.46. The Hall–Kier alpha value is -2.22. The van der Waals surface area contributed by atoms with Crippen molar-refractivity contribution >= 4 is 0 Å². The highest BCUT2D eigenvalue weighted by atomic mass is 16.5. The van der Waals surface area contributed by atoms with E-state index >= 15 is 0 Å². The van der Waals surface area contributed by atoms with Crippen LogP contribution in [0.1, 0.15) is 64.0 Å². The Kier molecular flexibility index (Phi) is 6.72. The van der Waals surface area contributed by atoms with E-state index in [1.54, 1.807) is 0 Å². The first-order chi connectivity index (χ1) is 13.7. The normalized spacial score (nSPS) is 19.7. The molecule has 2 aromatic rings. The average Bonchev–Trinajstić information content (AvgIpc) is 2.66. The van der Waals surface area contributed by atoms with Crippen molar-refractivity contribution in [2.45, 2.75) is 71.8 Å². The van der Waals surface area contributed by atoms with E-state index in [4.69, 9.17) is 10.5 Å². The summed E-state index contributed by atoms with van der Waals surface area (Å²) >= 11 is 0. The van der Waals surface area contributed by atoms with Crippen molar-refractivity contribution in [3.8, 4) is 16.9 Å². The lowest BCUT2D eigenvalue weighted by molar-refractivity contribution is 0.131. The van der Waals surface area contributed by atoms with E-state index in [-0.39, 0.29) is 5.60 Å². The van der Waals surface area contributed by atoms with Crippen LogP contribution in [0.4, 0.5) is 0 Å². The summed E-state index contributed by atoms with van der Waals surface area (Å²) in [7, 11) is 0. The molecule has 0 atom stereocenters. The molecule has 29 heavy (non-hydrogen) atoms. The van der Waals surface area contributed by atoms with E-state index in [9.17, 15) is 0 Å². The van der Waals surface area contributed by atoms with Gasteiger partial charge in [0.05, 0.1) is 0 Å². The van der Waals surface area contributed by atoms with Crippen LogP contribution in [0.2, 0.25) is 0 Å². The molecule has 0 unspecified atom stereocenters. The van der Waals surface area contributed by atoms with Gasteiger partial charge < -0.3 is 10.5 Å². The van der Waals surface area contributed by atoms with Gasteiger partial charge in [-0.05, 0) is 112 Å². The van der Waals surface area contributed by atoms with Gasteiger partial charge >= 0.3 is 0 Å². The summed E-state index contributed by atoms with van der Waals surface area (Å²) in [5.74, 6) is 2.30. The van der Waals surface area contributed by atoms with Gasteiger partial charge in [-0.1, -0.05) is 36.9 Å². The van der Waals surface area contributed by atoms with Crippen LogP contribution in [0, 0.1) is 18.8 Å². The molecule has 0 aliphatic heterocycles. The highest BCUT2D eigenvalue weighted by Crippen LogP contribution is 2.34. The van der Waals surface area contributed by atoms with Gasteiger partial charge in [0.15, 0.2) is 0 Å². The summed E-state index contributed by atoms with van der Waals surface area (Å²) < 4.78 is 5.94. The number of ether oxygens (including phenoxy) is 1. The van der Waals surface area contributed by atoms with Gasteiger partial charge in [0.1, 0.15) is 11.4 Å².